The number of imidazole rings is 1. The van der Waals surface area contributed by atoms with Crippen LogP contribution in [-0.4, -0.2) is 10.5 Å². The summed E-state index contributed by atoms with van der Waals surface area (Å²) in [6.45, 7) is 8.32. The van der Waals surface area contributed by atoms with Crippen LogP contribution in [0.25, 0.3) is 0 Å². The zero-order valence-corrected chi connectivity index (χ0v) is 19.4. The Hall–Kier alpha value is -2.10. The fraction of sp³-hybridized carbons (Fsp3) is 0.615. The molecule has 0 saturated heterocycles. The topological polar surface area (TPSA) is 48.9 Å². The molecule has 4 heteroatoms. The van der Waals surface area contributed by atoms with E-state index in [2.05, 4.69) is 72.0 Å². The predicted octanol–water partition coefficient (Wildman–Crippen LogP) is 5.14. The first-order valence-electron chi connectivity index (χ1n) is 11.9. The molecule has 0 fully saturated rings. The zero-order chi connectivity index (χ0) is 22.0. The summed E-state index contributed by atoms with van der Waals surface area (Å²) < 4.78 is 4.56. The van der Waals surface area contributed by atoms with E-state index in [0.29, 0.717) is 6.42 Å². The van der Waals surface area contributed by atoms with E-state index in [1.54, 1.807) is 0 Å². The number of carboxylic acids is 1. The molecule has 1 heterocycles. The van der Waals surface area contributed by atoms with Crippen molar-refractivity contribution in [3.8, 4) is 0 Å². The minimum atomic E-state index is -0.893. The number of benzene rings is 1. The number of carboxylic acid groups (broad SMARTS) is 1. The minimum absolute atomic E-state index is 0.222. The molecule has 1 aromatic carbocycles. The maximum Gasteiger partial charge on any atom is 0.244 e. The number of unbranched alkanes of at least 4 members (excludes halogenated alkanes) is 6. The second kappa shape index (κ2) is 16.7. The van der Waals surface area contributed by atoms with Gasteiger partial charge in [0, 0.05) is 5.97 Å². The molecule has 0 saturated carbocycles. The SMILES string of the molecule is CCCCC(CC)C(=O)[O-].CCCCCCCCn1cc[n+](Cc2ccccc2)c1. The van der Waals surface area contributed by atoms with Gasteiger partial charge in [-0.15, -0.1) is 0 Å². The Morgan fingerprint density at radius 1 is 0.967 bits per heavy atom. The fourth-order valence-electron chi connectivity index (χ4n) is 3.47. The number of nitrogens with zero attached hydrogens (tertiary/aromatic N) is 2. The summed E-state index contributed by atoms with van der Waals surface area (Å²) in [5, 5.41) is 10.3. The van der Waals surface area contributed by atoms with Crippen LogP contribution in [0.4, 0.5) is 0 Å². The van der Waals surface area contributed by atoms with Gasteiger partial charge in [0.1, 0.15) is 18.9 Å². The highest BCUT2D eigenvalue weighted by Gasteiger charge is 2.05. The molecule has 0 aliphatic carbocycles. The van der Waals surface area contributed by atoms with Crippen molar-refractivity contribution >= 4 is 5.97 Å². The smallest absolute Gasteiger partial charge is 0.244 e. The third-order valence-electron chi connectivity index (χ3n) is 5.46. The lowest BCUT2D eigenvalue weighted by molar-refractivity contribution is -0.687. The second-order valence-electron chi connectivity index (χ2n) is 8.14. The molecule has 1 aromatic heterocycles. The summed E-state index contributed by atoms with van der Waals surface area (Å²) in [5.74, 6) is -1.11. The molecular formula is C26H42N2O2. The summed E-state index contributed by atoms with van der Waals surface area (Å²) in [4.78, 5) is 10.3. The normalized spacial score (nSPS) is 11.6. The van der Waals surface area contributed by atoms with Crippen molar-refractivity contribution in [3.05, 3.63) is 54.6 Å². The Kier molecular flexibility index (Phi) is 14.4. The molecule has 0 bridgehead atoms. The van der Waals surface area contributed by atoms with Crippen molar-refractivity contribution < 1.29 is 14.5 Å². The summed E-state index contributed by atoms with van der Waals surface area (Å²) in [6, 6.07) is 10.6. The van der Waals surface area contributed by atoms with Gasteiger partial charge in [-0.1, -0.05) is 89.6 Å². The van der Waals surface area contributed by atoms with Crippen molar-refractivity contribution in [2.24, 2.45) is 5.92 Å². The van der Waals surface area contributed by atoms with Gasteiger partial charge in [0.05, 0.1) is 6.54 Å². The molecule has 0 spiro atoms. The number of rotatable bonds is 14. The Bertz CT molecular complexity index is 667. The van der Waals surface area contributed by atoms with Crippen LogP contribution in [-0.2, 0) is 17.9 Å². The maximum atomic E-state index is 10.3. The third kappa shape index (κ3) is 11.8. The molecule has 0 aliphatic heterocycles. The van der Waals surface area contributed by atoms with E-state index in [9.17, 15) is 9.90 Å². The average Bonchev–Trinajstić information content (AvgIpc) is 3.19. The molecule has 168 valence electrons. The van der Waals surface area contributed by atoms with Gasteiger partial charge in [-0.2, -0.15) is 0 Å². The number of aryl methyl sites for hydroxylation is 1. The number of carbonyl (C=O) groups excluding carboxylic acids is 1. The highest BCUT2D eigenvalue weighted by molar-refractivity contribution is 5.67. The number of aliphatic carboxylic acids is 1. The van der Waals surface area contributed by atoms with Crippen molar-refractivity contribution in [2.45, 2.75) is 98.1 Å². The van der Waals surface area contributed by atoms with Gasteiger partial charge in [0.15, 0.2) is 0 Å². The van der Waals surface area contributed by atoms with Crippen molar-refractivity contribution in [2.75, 3.05) is 0 Å². The summed E-state index contributed by atoms with van der Waals surface area (Å²) >= 11 is 0. The van der Waals surface area contributed by atoms with E-state index in [1.807, 2.05) is 6.92 Å². The summed E-state index contributed by atoms with van der Waals surface area (Å²) in [6.07, 6.45) is 18.3. The lowest BCUT2D eigenvalue weighted by Crippen LogP contribution is -2.31. The van der Waals surface area contributed by atoms with Crippen LogP contribution in [0.2, 0.25) is 0 Å². The number of hydrogen-bond acceptors (Lipinski definition) is 2. The van der Waals surface area contributed by atoms with Gasteiger partial charge in [0.2, 0.25) is 6.33 Å². The summed E-state index contributed by atoms with van der Waals surface area (Å²) in [7, 11) is 0. The molecule has 1 unspecified atom stereocenters. The molecule has 1 atom stereocenters. The van der Waals surface area contributed by atoms with Crippen LogP contribution in [0.1, 0.15) is 90.5 Å². The number of hydrogen-bond donors (Lipinski definition) is 0. The summed E-state index contributed by atoms with van der Waals surface area (Å²) in [5.41, 5.74) is 1.36. The van der Waals surface area contributed by atoms with Crippen LogP contribution >= 0.6 is 0 Å². The Morgan fingerprint density at radius 2 is 1.63 bits per heavy atom. The number of carbonyl (C=O) groups is 1. The van der Waals surface area contributed by atoms with Crippen LogP contribution in [0.3, 0.4) is 0 Å². The van der Waals surface area contributed by atoms with Crippen molar-refractivity contribution in [1.82, 2.24) is 4.57 Å². The van der Waals surface area contributed by atoms with E-state index >= 15 is 0 Å². The molecular weight excluding hydrogens is 372 g/mol. The molecule has 4 nitrogen and oxygen atoms in total. The predicted molar refractivity (Wildman–Crippen MR) is 122 cm³/mol. The quantitative estimate of drug-likeness (QED) is 0.317. The van der Waals surface area contributed by atoms with E-state index in [0.717, 1.165) is 32.4 Å². The molecule has 0 aliphatic rings. The van der Waals surface area contributed by atoms with Crippen molar-refractivity contribution in [1.29, 1.82) is 0 Å². The van der Waals surface area contributed by atoms with E-state index in [4.69, 9.17) is 0 Å². The van der Waals surface area contributed by atoms with Gasteiger partial charge in [-0.05, 0) is 37.2 Å². The van der Waals surface area contributed by atoms with Crippen LogP contribution < -0.4 is 9.67 Å². The fourth-order valence-corrected chi connectivity index (χ4v) is 3.47. The van der Waals surface area contributed by atoms with E-state index in [1.165, 1.54) is 44.1 Å². The molecule has 2 rings (SSSR count). The van der Waals surface area contributed by atoms with Crippen LogP contribution in [0, 0.1) is 5.92 Å². The average molecular weight is 415 g/mol. The molecule has 0 amide bonds. The maximum absolute atomic E-state index is 10.3. The first-order valence-corrected chi connectivity index (χ1v) is 11.9. The number of aromatic nitrogens is 2. The lowest BCUT2D eigenvalue weighted by atomic mass is 10.00. The van der Waals surface area contributed by atoms with Gasteiger partial charge in [-0.3, -0.25) is 0 Å². The molecule has 0 radical (unpaired) electrons. The Morgan fingerprint density at radius 3 is 2.27 bits per heavy atom. The first kappa shape index (κ1) is 25.9. The highest BCUT2D eigenvalue weighted by atomic mass is 16.4. The third-order valence-corrected chi connectivity index (χ3v) is 5.46. The lowest BCUT2D eigenvalue weighted by Gasteiger charge is -2.14. The van der Waals surface area contributed by atoms with Crippen LogP contribution in [0.15, 0.2) is 49.1 Å². The second-order valence-corrected chi connectivity index (χ2v) is 8.14. The Balaban J connectivity index is 0.000000382. The van der Waals surface area contributed by atoms with Gasteiger partial charge in [-0.25, -0.2) is 9.13 Å². The van der Waals surface area contributed by atoms with Gasteiger partial charge in [0.25, 0.3) is 0 Å². The largest absolute Gasteiger partial charge is 0.550 e. The first-order chi connectivity index (χ1) is 14.6. The highest BCUT2D eigenvalue weighted by Crippen LogP contribution is 2.10. The van der Waals surface area contributed by atoms with E-state index < -0.39 is 5.97 Å². The van der Waals surface area contributed by atoms with Gasteiger partial charge >= 0.3 is 0 Å². The molecule has 30 heavy (non-hydrogen) atoms. The zero-order valence-electron chi connectivity index (χ0n) is 19.4. The van der Waals surface area contributed by atoms with E-state index in [-0.39, 0.29) is 5.92 Å². The van der Waals surface area contributed by atoms with Crippen molar-refractivity contribution in [3.63, 3.8) is 0 Å². The van der Waals surface area contributed by atoms with Gasteiger partial charge < -0.3 is 9.90 Å². The van der Waals surface area contributed by atoms with Crippen LogP contribution in [0.5, 0.6) is 0 Å². The molecule has 0 N–H and O–H groups in total. The Labute approximate surface area is 184 Å². The molecule has 2 aromatic rings. The monoisotopic (exact) mass is 414 g/mol. The standard InChI is InChI=1S/C18H27N2.C8H16O2/c1-2-3-4-5-6-10-13-19-14-15-20(17-19)16-18-11-8-7-9-12-18;1-3-5-6-7(4-2)8(9)10/h7-9,11-12,14-15,17H,2-6,10,13,16H2,1H3;7H,3-6H2,1-2H3,(H,9,10)/q+1;/p-1. The minimum Gasteiger partial charge on any atom is -0.550 e.